The molecule has 1 N–H and O–H groups in total. The normalized spacial score (nSPS) is 14.0. The van der Waals surface area contributed by atoms with Crippen LogP contribution in [0.5, 0.6) is 17.2 Å². The summed E-state index contributed by atoms with van der Waals surface area (Å²) < 4.78 is 18.6. The number of carbonyl (C=O) groups excluding carboxylic acids is 2. The predicted octanol–water partition coefficient (Wildman–Crippen LogP) is 6.37. The quantitative estimate of drug-likeness (QED) is 0.150. The zero-order valence-electron chi connectivity index (χ0n) is 27.8. The Morgan fingerprint density at radius 1 is 0.939 bits per heavy atom. The van der Waals surface area contributed by atoms with Crippen molar-refractivity contribution in [2.75, 3.05) is 27.1 Å². The smallest absolute Gasteiger partial charge is 0.261 e. The van der Waals surface area contributed by atoms with E-state index in [-0.39, 0.29) is 24.1 Å². The fourth-order valence-electron chi connectivity index (χ4n) is 5.69. The molecular formula is C36H36N6O5S2. The molecule has 0 aliphatic carbocycles. The van der Waals surface area contributed by atoms with Crippen molar-refractivity contribution in [1.82, 2.24) is 25.1 Å². The largest absolute Gasteiger partial charge is 0.497 e. The molecule has 6 rings (SSSR count). The van der Waals surface area contributed by atoms with Gasteiger partial charge in [-0.1, -0.05) is 42.1 Å². The minimum atomic E-state index is -0.435. The van der Waals surface area contributed by atoms with Crippen LogP contribution in [0.4, 0.5) is 0 Å². The first kappa shape index (κ1) is 33.7. The fraction of sp³-hybridized carbons (Fsp3) is 0.250. The third-order valence-electron chi connectivity index (χ3n) is 8.38. The minimum absolute atomic E-state index is 0.0345. The van der Waals surface area contributed by atoms with Gasteiger partial charge in [0.05, 0.1) is 55.9 Å². The molecule has 3 aromatic carbocycles. The second kappa shape index (κ2) is 15.0. The van der Waals surface area contributed by atoms with Crippen molar-refractivity contribution in [3.63, 3.8) is 0 Å². The molecule has 1 aliphatic heterocycles. The van der Waals surface area contributed by atoms with Crippen molar-refractivity contribution in [2.45, 2.75) is 38.0 Å². The minimum Gasteiger partial charge on any atom is -0.497 e. The summed E-state index contributed by atoms with van der Waals surface area (Å²) in [6.07, 6.45) is 0.471. The number of nitrogens with one attached hydrogen (secondary N) is 1. The van der Waals surface area contributed by atoms with E-state index in [1.807, 2.05) is 90.5 Å². The number of carbonyl (C=O) groups is 2. The van der Waals surface area contributed by atoms with E-state index in [0.29, 0.717) is 33.8 Å². The topological polar surface area (TPSA) is 120 Å². The maximum atomic E-state index is 14.1. The van der Waals surface area contributed by atoms with Crippen molar-refractivity contribution >= 4 is 40.6 Å². The van der Waals surface area contributed by atoms with Crippen LogP contribution in [-0.4, -0.2) is 64.4 Å². The van der Waals surface area contributed by atoms with Crippen LogP contribution in [0.25, 0.3) is 5.69 Å². The van der Waals surface area contributed by atoms with Gasteiger partial charge in [0.1, 0.15) is 5.75 Å². The number of para-hydroxylation sites is 1. The van der Waals surface area contributed by atoms with E-state index in [9.17, 15) is 9.59 Å². The number of ether oxygens (including phenoxy) is 3. The zero-order valence-corrected chi connectivity index (χ0v) is 29.4. The van der Waals surface area contributed by atoms with Crippen LogP contribution in [0.2, 0.25) is 0 Å². The lowest BCUT2D eigenvalue weighted by molar-refractivity contribution is -0.130. The SMILES string of the molecule is COc1ccc(C2=NN(C(=O)CSc3nnc(CNC(=O)c4cccs4)n3-c3cccc(C)c3C)[C@@H](c3cccc(OC)c3OC)C2)cc1. The molecule has 5 aromatic rings. The molecule has 3 heterocycles. The van der Waals surface area contributed by atoms with Crippen molar-refractivity contribution < 1.29 is 23.8 Å². The molecule has 49 heavy (non-hydrogen) atoms. The third kappa shape index (κ3) is 7.03. The van der Waals surface area contributed by atoms with Crippen LogP contribution in [0.1, 0.15) is 50.2 Å². The highest BCUT2D eigenvalue weighted by atomic mass is 32.2. The van der Waals surface area contributed by atoms with E-state index in [2.05, 4.69) is 15.5 Å². The van der Waals surface area contributed by atoms with E-state index in [1.165, 1.54) is 28.1 Å². The summed E-state index contributed by atoms with van der Waals surface area (Å²) in [7, 11) is 4.80. The number of aromatic nitrogens is 3. The first-order valence-corrected chi connectivity index (χ1v) is 17.4. The molecule has 2 aromatic heterocycles. The van der Waals surface area contributed by atoms with Crippen molar-refractivity contribution in [2.24, 2.45) is 5.10 Å². The van der Waals surface area contributed by atoms with Gasteiger partial charge in [0.25, 0.3) is 11.8 Å². The second-order valence-corrected chi connectivity index (χ2v) is 13.1. The van der Waals surface area contributed by atoms with E-state index < -0.39 is 6.04 Å². The van der Waals surface area contributed by atoms with Crippen LogP contribution in [0.15, 0.2) is 88.4 Å². The van der Waals surface area contributed by atoms with Gasteiger partial charge in [-0.15, -0.1) is 21.5 Å². The number of thioether (sulfide) groups is 1. The number of hydrazone groups is 1. The number of benzene rings is 3. The Kier molecular flexibility index (Phi) is 10.3. The molecule has 2 amide bonds. The summed E-state index contributed by atoms with van der Waals surface area (Å²) >= 11 is 2.64. The molecule has 0 spiro atoms. The first-order valence-electron chi connectivity index (χ1n) is 15.5. The van der Waals surface area contributed by atoms with Gasteiger partial charge >= 0.3 is 0 Å². The summed E-state index contributed by atoms with van der Waals surface area (Å²) in [4.78, 5) is 27.5. The molecule has 0 fully saturated rings. The van der Waals surface area contributed by atoms with Gasteiger partial charge in [-0.2, -0.15) is 5.10 Å². The Morgan fingerprint density at radius 3 is 2.45 bits per heavy atom. The van der Waals surface area contributed by atoms with Crippen molar-refractivity contribution in [3.8, 4) is 22.9 Å². The average molecular weight is 697 g/mol. The van der Waals surface area contributed by atoms with Crippen molar-refractivity contribution in [1.29, 1.82) is 0 Å². The summed E-state index contributed by atoms with van der Waals surface area (Å²) in [6.45, 7) is 4.23. The molecule has 1 aliphatic rings. The van der Waals surface area contributed by atoms with Crippen molar-refractivity contribution in [3.05, 3.63) is 111 Å². The van der Waals surface area contributed by atoms with Crippen LogP contribution in [0, 0.1) is 13.8 Å². The Balaban J connectivity index is 1.30. The van der Waals surface area contributed by atoms with Gasteiger partial charge in [0, 0.05) is 12.0 Å². The molecule has 11 nitrogen and oxygen atoms in total. The molecule has 0 saturated carbocycles. The molecule has 0 radical (unpaired) electrons. The second-order valence-electron chi connectivity index (χ2n) is 11.2. The fourth-order valence-corrected chi connectivity index (χ4v) is 7.15. The Bertz CT molecular complexity index is 1990. The standard InChI is InChI=1S/C36H36N6O5S2/c1-22-9-6-11-28(23(22)2)41-32(20-37-35(44)31-13-8-18-48-31)38-39-36(41)49-21-33(43)42-29(26-10-7-12-30(46-4)34(26)47-5)19-27(40-42)24-14-16-25(45-3)17-15-24/h6-18,29H,19-21H2,1-5H3,(H,37,44)/t29-/m1/s1. The molecule has 252 valence electrons. The van der Waals surface area contributed by atoms with Crippen LogP contribution in [-0.2, 0) is 11.3 Å². The average Bonchev–Trinajstić information content (AvgIpc) is 3.91. The number of methoxy groups -OCH3 is 3. The van der Waals surface area contributed by atoms with E-state index >= 15 is 0 Å². The molecular weight excluding hydrogens is 661 g/mol. The highest BCUT2D eigenvalue weighted by Crippen LogP contribution is 2.42. The van der Waals surface area contributed by atoms with Crippen LogP contribution >= 0.6 is 23.1 Å². The van der Waals surface area contributed by atoms with Gasteiger partial charge in [-0.05, 0) is 78.4 Å². The summed E-state index contributed by atoms with van der Waals surface area (Å²) in [5.74, 6) is 2.03. The van der Waals surface area contributed by atoms with E-state index in [0.717, 1.165) is 39.4 Å². The van der Waals surface area contributed by atoms with Gasteiger partial charge in [0.2, 0.25) is 0 Å². The van der Waals surface area contributed by atoms with Gasteiger partial charge in [-0.3, -0.25) is 14.2 Å². The van der Waals surface area contributed by atoms with Gasteiger partial charge in [0.15, 0.2) is 22.5 Å². The van der Waals surface area contributed by atoms with E-state index in [4.69, 9.17) is 19.3 Å². The molecule has 13 heteroatoms. The predicted molar refractivity (Wildman–Crippen MR) is 190 cm³/mol. The van der Waals surface area contributed by atoms with Gasteiger partial charge in [-0.25, -0.2) is 5.01 Å². The summed E-state index contributed by atoms with van der Waals surface area (Å²) in [6, 6.07) is 22.4. The summed E-state index contributed by atoms with van der Waals surface area (Å²) in [5, 5.41) is 20.7. The van der Waals surface area contributed by atoms with E-state index in [1.54, 1.807) is 27.4 Å². The lowest BCUT2D eigenvalue weighted by Gasteiger charge is -2.24. The maximum absolute atomic E-state index is 14.1. The van der Waals surface area contributed by atoms with Crippen LogP contribution in [0.3, 0.4) is 0 Å². The molecule has 0 unspecified atom stereocenters. The van der Waals surface area contributed by atoms with Crippen LogP contribution < -0.4 is 19.5 Å². The zero-order chi connectivity index (χ0) is 34.5. The Hall–Kier alpha value is -5.14. The number of hydrogen-bond acceptors (Lipinski definition) is 10. The lowest BCUT2D eigenvalue weighted by atomic mass is 9.97. The number of hydrogen-bond donors (Lipinski definition) is 1. The highest BCUT2D eigenvalue weighted by molar-refractivity contribution is 7.99. The third-order valence-corrected chi connectivity index (χ3v) is 10.2. The maximum Gasteiger partial charge on any atom is 0.261 e. The molecule has 0 saturated heterocycles. The lowest BCUT2D eigenvalue weighted by Crippen LogP contribution is -2.29. The monoisotopic (exact) mass is 696 g/mol. The number of amides is 2. The number of nitrogens with zero attached hydrogens (tertiary/aromatic N) is 5. The Morgan fingerprint density at radius 2 is 1.73 bits per heavy atom. The first-order chi connectivity index (χ1) is 23.8. The molecule has 0 bridgehead atoms. The number of thiophene rings is 1. The number of rotatable bonds is 12. The number of aryl methyl sites for hydroxylation is 1. The van der Waals surface area contributed by atoms with Gasteiger partial charge < -0.3 is 19.5 Å². The summed E-state index contributed by atoms with van der Waals surface area (Å²) in [5.41, 5.74) is 5.45. The highest BCUT2D eigenvalue weighted by Gasteiger charge is 2.36. The Labute approximate surface area is 292 Å². The molecule has 1 atom stereocenters.